The number of amides is 4. The highest BCUT2D eigenvalue weighted by molar-refractivity contribution is 6.47. The van der Waals surface area contributed by atoms with Gasteiger partial charge in [0.15, 0.2) is 23.1 Å². The fourth-order valence-electron chi connectivity index (χ4n) is 5.16. The molecule has 1 unspecified atom stereocenters. The molecule has 0 aliphatic carbocycles. The molecule has 15 heteroatoms. The lowest BCUT2D eigenvalue weighted by molar-refractivity contribution is -0.156. The van der Waals surface area contributed by atoms with Crippen molar-refractivity contribution in [3.63, 3.8) is 0 Å². The van der Waals surface area contributed by atoms with Crippen molar-refractivity contribution in [1.29, 1.82) is 0 Å². The number of rotatable bonds is 8. The van der Waals surface area contributed by atoms with Crippen molar-refractivity contribution in [2.45, 2.75) is 44.6 Å². The van der Waals surface area contributed by atoms with Crippen LogP contribution in [0.25, 0.3) is 0 Å². The van der Waals surface area contributed by atoms with Gasteiger partial charge in [-0.2, -0.15) is 0 Å². The van der Waals surface area contributed by atoms with Crippen molar-refractivity contribution in [2.75, 3.05) is 19.7 Å². The van der Waals surface area contributed by atoms with Crippen LogP contribution in [0.15, 0.2) is 30.3 Å². The van der Waals surface area contributed by atoms with Gasteiger partial charge in [-0.1, -0.05) is 29.8 Å². The molecule has 0 aromatic heterocycles. The normalized spacial score (nSPS) is 19.2. The van der Waals surface area contributed by atoms with Gasteiger partial charge in [-0.3, -0.25) is 24.1 Å². The number of phenolic OH excluding ortho intramolecular Hbond substituents is 2. The first kappa shape index (κ1) is 30.8. The SMILES string of the molecule is CC(=O)c1cccc2c1OB(O)[C@@H](CC(=O)C(NC(=O)N1C(=O)C(=O)N(CCO)C[C@@H]1C)c1ccc(O)c(O)c1Cl)C2. The standard InChI is InChI=1S/C27H29BClN3O10/c1-13-12-31(8-9-33)25(38)26(39)32(13)27(40)30-22(18-6-7-19(35)23(37)21(18)29)20(36)11-16-10-15-4-3-5-17(14(2)34)24(15)42-28(16)41/h3-7,13,16,22,33,35,37,41H,8-12H2,1-2H3,(H,30,40)/t13-,16+,22?/m0/s1. The van der Waals surface area contributed by atoms with Crippen LogP contribution in [-0.4, -0.2) is 92.4 Å². The maximum atomic E-state index is 13.7. The number of carbonyl (C=O) groups excluding carboxylic acids is 5. The van der Waals surface area contributed by atoms with Gasteiger partial charge < -0.3 is 35.2 Å². The molecular formula is C27H29BClN3O10. The van der Waals surface area contributed by atoms with E-state index in [4.69, 9.17) is 16.3 Å². The van der Waals surface area contributed by atoms with E-state index >= 15 is 0 Å². The van der Waals surface area contributed by atoms with E-state index in [0.29, 0.717) is 10.5 Å². The number of β-amino-alcohol motifs (C(OH)–C–C–N with tert-alkyl or cyclic N) is 1. The van der Waals surface area contributed by atoms with Gasteiger partial charge in [0.05, 0.1) is 23.2 Å². The minimum atomic E-state index is -1.58. The maximum Gasteiger partial charge on any atom is 0.526 e. The van der Waals surface area contributed by atoms with Crippen LogP contribution in [0.3, 0.4) is 0 Å². The van der Waals surface area contributed by atoms with Crippen LogP contribution in [-0.2, 0) is 20.8 Å². The smallest absolute Gasteiger partial charge is 0.526 e. The number of aliphatic hydroxyl groups is 1. The number of benzene rings is 2. The molecule has 222 valence electrons. The Morgan fingerprint density at radius 1 is 1.17 bits per heavy atom. The first-order valence-electron chi connectivity index (χ1n) is 13.1. The molecule has 2 aliphatic rings. The third-order valence-corrected chi connectivity index (χ3v) is 7.69. The van der Waals surface area contributed by atoms with E-state index in [1.807, 2.05) is 0 Å². The second kappa shape index (κ2) is 12.4. The first-order chi connectivity index (χ1) is 19.8. The minimum absolute atomic E-state index is 0.0504. The number of ketones is 2. The highest BCUT2D eigenvalue weighted by Gasteiger charge is 2.43. The quantitative estimate of drug-likeness (QED) is 0.127. The second-order valence-electron chi connectivity index (χ2n) is 10.2. The van der Waals surface area contributed by atoms with Crippen molar-refractivity contribution in [1.82, 2.24) is 15.1 Å². The molecule has 0 radical (unpaired) electrons. The Hall–Kier alpha value is -4.14. The number of urea groups is 1. The number of phenols is 2. The lowest BCUT2D eigenvalue weighted by Crippen LogP contribution is -2.63. The van der Waals surface area contributed by atoms with Gasteiger partial charge in [0.2, 0.25) is 0 Å². The van der Waals surface area contributed by atoms with Crippen LogP contribution < -0.4 is 9.97 Å². The van der Waals surface area contributed by atoms with Gasteiger partial charge in [0.1, 0.15) is 11.8 Å². The number of aliphatic hydroxyl groups excluding tert-OH is 1. The van der Waals surface area contributed by atoms with Gasteiger partial charge >= 0.3 is 25.0 Å². The molecule has 2 aromatic rings. The van der Waals surface area contributed by atoms with Crippen LogP contribution in [0.4, 0.5) is 4.79 Å². The van der Waals surface area contributed by atoms with Crippen molar-refractivity contribution >= 4 is 48.1 Å². The third kappa shape index (κ3) is 5.91. The van der Waals surface area contributed by atoms with Gasteiger partial charge in [-0.15, -0.1) is 0 Å². The zero-order valence-corrected chi connectivity index (χ0v) is 23.5. The van der Waals surface area contributed by atoms with E-state index < -0.39 is 65.2 Å². The minimum Gasteiger partial charge on any atom is -0.535 e. The number of hydrogen-bond acceptors (Lipinski definition) is 10. The number of para-hydroxylation sites is 1. The Bertz CT molecular complexity index is 1450. The molecule has 4 rings (SSSR count). The molecule has 0 bridgehead atoms. The number of imide groups is 1. The van der Waals surface area contributed by atoms with Crippen LogP contribution in [0.2, 0.25) is 10.8 Å². The van der Waals surface area contributed by atoms with E-state index in [0.717, 1.165) is 11.0 Å². The molecule has 0 spiro atoms. The number of carbonyl (C=O) groups is 5. The number of hydrogen-bond donors (Lipinski definition) is 5. The summed E-state index contributed by atoms with van der Waals surface area (Å²) in [6, 6.07) is 3.67. The zero-order valence-electron chi connectivity index (χ0n) is 22.7. The summed E-state index contributed by atoms with van der Waals surface area (Å²) in [5, 5.41) is 42.0. The Morgan fingerprint density at radius 2 is 1.88 bits per heavy atom. The Kier molecular flexibility index (Phi) is 9.09. The molecule has 1 fully saturated rings. The first-order valence-corrected chi connectivity index (χ1v) is 13.5. The number of Topliss-reactive ketones (excluding diaryl/α,β-unsaturated/α-hetero) is 2. The van der Waals surface area contributed by atoms with E-state index in [9.17, 15) is 44.3 Å². The number of halogens is 1. The number of piperazine rings is 1. The molecule has 2 aromatic carbocycles. The molecule has 1 saturated heterocycles. The van der Waals surface area contributed by atoms with Crippen molar-refractivity contribution in [3.8, 4) is 17.2 Å². The Morgan fingerprint density at radius 3 is 2.55 bits per heavy atom. The summed E-state index contributed by atoms with van der Waals surface area (Å²) in [6.07, 6.45) is -0.226. The fraction of sp³-hybridized carbons (Fsp3) is 0.370. The van der Waals surface area contributed by atoms with Crippen LogP contribution in [0, 0.1) is 0 Å². The van der Waals surface area contributed by atoms with Crippen LogP contribution in [0.1, 0.15) is 47.8 Å². The number of nitrogens with one attached hydrogen (secondary N) is 1. The largest absolute Gasteiger partial charge is 0.535 e. The van der Waals surface area contributed by atoms with Crippen LogP contribution >= 0.6 is 11.6 Å². The van der Waals surface area contributed by atoms with Gasteiger partial charge in [0.25, 0.3) is 0 Å². The predicted octanol–water partition coefficient (Wildman–Crippen LogP) is 1.20. The lowest BCUT2D eigenvalue weighted by Gasteiger charge is -2.38. The van der Waals surface area contributed by atoms with Crippen molar-refractivity contribution < 1.29 is 49.0 Å². The van der Waals surface area contributed by atoms with E-state index in [-0.39, 0.29) is 55.2 Å². The van der Waals surface area contributed by atoms with Gasteiger partial charge in [0, 0.05) is 30.9 Å². The Balaban J connectivity index is 1.62. The Labute approximate surface area is 245 Å². The molecule has 4 amide bonds. The zero-order chi connectivity index (χ0) is 30.9. The van der Waals surface area contributed by atoms with E-state index in [1.165, 1.54) is 19.9 Å². The lowest BCUT2D eigenvalue weighted by atomic mass is 9.64. The fourth-order valence-corrected chi connectivity index (χ4v) is 5.43. The second-order valence-corrected chi connectivity index (χ2v) is 10.6. The summed E-state index contributed by atoms with van der Waals surface area (Å²) < 4.78 is 5.61. The third-order valence-electron chi connectivity index (χ3n) is 7.29. The van der Waals surface area contributed by atoms with Crippen LogP contribution in [0.5, 0.6) is 17.2 Å². The molecule has 13 nitrogen and oxygen atoms in total. The summed E-state index contributed by atoms with van der Waals surface area (Å²) >= 11 is 6.24. The van der Waals surface area contributed by atoms with E-state index in [1.54, 1.807) is 18.2 Å². The maximum absolute atomic E-state index is 13.7. The summed E-state index contributed by atoms with van der Waals surface area (Å²) in [5.41, 5.74) is 0.756. The molecule has 0 saturated carbocycles. The number of aromatic hydroxyl groups is 2. The summed E-state index contributed by atoms with van der Waals surface area (Å²) in [7, 11) is -1.49. The predicted molar refractivity (Wildman–Crippen MR) is 148 cm³/mol. The topological polar surface area (TPSA) is 194 Å². The number of fused-ring (bicyclic) bond motifs is 1. The molecule has 2 aliphatic heterocycles. The van der Waals surface area contributed by atoms with Crippen molar-refractivity contribution in [3.05, 3.63) is 52.0 Å². The molecule has 2 heterocycles. The summed E-state index contributed by atoms with van der Waals surface area (Å²) in [4.78, 5) is 66.2. The molecular weight excluding hydrogens is 573 g/mol. The number of nitrogens with zero attached hydrogens (tertiary/aromatic N) is 2. The highest BCUT2D eigenvalue weighted by Crippen LogP contribution is 2.41. The monoisotopic (exact) mass is 601 g/mol. The average Bonchev–Trinajstić information content (AvgIpc) is 2.93. The summed E-state index contributed by atoms with van der Waals surface area (Å²) in [6.45, 7) is 2.33. The average molecular weight is 602 g/mol. The van der Waals surface area contributed by atoms with E-state index in [2.05, 4.69) is 5.32 Å². The summed E-state index contributed by atoms with van der Waals surface area (Å²) in [5.74, 6) is -5.06. The highest BCUT2D eigenvalue weighted by atomic mass is 35.5. The van der Waals surface area contributed by atoms with Gasteiger partial charge in [-0.25, -0.2) is 4.79 Å². The molecule has 42 heavy (non-hydrogen) atoms. The molecule has 3 atom stereocenters. The van der Waals surface area contributed by atoms with Gasteiger partial charge in [-0.05, 0) is 38.0 Å². The molecule has 5 N–H and O–H groups in total. The van der Waals surface area contributed by atoms with Crippen molar-refractivity contribution in [2.24, 2.45) is 0 Å².